The third-order valence-corrected chi connectivity index (χ3v) is 3.22. The molecule has 1 aliphatic rings. The second kappa shape index (κ2) is 8.04. The summed E-state index contributed by atoms with van der Waals surface area (Å²) in [5, 5.41) is 3.42. The predicted octanol–water partition coefficient (Wildman–Crippen LogP) is 1.88. The molecule has 1 aliphatic carbocycles. The zero-order chi connectivity index (χ0) is 11.8. The number of ether oxygens (including phenoxy) is 1. The Morgan fingerprint density at radius 2 is 2.12 bits per heavy atom. The molecule has 1 rings (SSSR count). The summed E-state index contributed by atoms with van der Waals surface area (Å²) in [4.78, 5) is 2.42. The van der Waals surface area contributed by atoms with Gasteiger partial charge in [-0.3, -0.25) is 0 Å². The van der Waals surface area contributed by atoms with Gasteiger partial charge >= 0.3 is 0 Å². The lowest BCUT2D eigenvalue weighted by molar-refractivity contribution is 0.0382. The van der Waals surface area contributed by atoms with Gasteiger partial charge < -0.3 is 15.0 Å². The number of hydrogen-bond donors (Lipinski definition) is 1. The molecule has 1 fully saturated rings. The van der Waals surface area contributed by atoms with E-state index in [0.29, 0.717) is 6.10 Å². The van der Waals surface area contributed by atoms with Gasteiger partial charge in [0.15, 0.2) is 0 Å². The van der Waals surface area contributed by atoms with Crippen molar-refractivity contribution in [2.75, 3.05) is 33.3 Å². The smallest absolute Gasteiger partial charge is 0.0697 e. The van der Waals surface area contributed by atoms with E-state index in [1.165, 1.54) is 19.3 Å². The molecule has 96 valence electrons. The minimum atomic E-state index is 0.388. The van der Waals surface area contributed by atoms with E-state index in [0.717, 1.165) is 38.7 Å². The second-order valence-corrected chi connectivity index (χ2v) is 4.82. The molecule has 16 heavy (non-hydrogen) atoms. The summed E-state index contributed by atoms with van der Waals surface area (Å²) < 4.78 is 5.88. The monoisotopic (exact) mass is 228 g/mol. The van der Waals surface area contributed by atoms with Crippen molar-refractivity contribution in [1.82, 2.24) is 10.2 Å². The normalized spacial score (nSPS) is 18.0. The zero-order valence-electron chi connectivity index (χ0n) is 11.2. The lowest BCUT2D eigenvalue weighted by Crippen LogP contribution is -2.32. The zero-order valence-corrected chi connectivity index (χ0v) is 11.2. The molecule has 0 aromatic heterocycles. The molecule has 0 aromatic rings. The molecule has 0 saturated heterocycles. The van der Waals surface area contributed by atoms with Crippen LogP contribution in [0.3, 0.4) is 0 Å². The number of nitrogens with zero attached hydrogens (tertiary/aromatic N) is 1. The molecule has 3 nitrogen and oxygen atoms in total. The van der Waals surface area contributed by atoms with Crippen molar-refractivity contribution in [1.29, 1.82) is 0 Å². The molecule has 0 spiro atoms. The maximum Gasteiger partial charge on any atom is 0.0697 e. The van der Waals surface area contributed by atoms with Gasteiger partial charge in [0, 0.05) is 19.1 Å². The van der Waals surface area contributed by atoms with E-state index < -0.39 is 0 Å². The Hall–Kier alpha value is -0.120. The molecule has 0 aromatic carbocycles. The minimum Gasteiger partial charge on any atom is -0.376 e. The molecule has 3 heteroatoms. The van der Waals surface area contributed by atoms with Crippen LogP contribution in [0.2, 0.25) is 0 Å². The summed E-state index contributed by atoms with van der Waals surface area (Å²) in [7, 11) is 2.21. The van der Waals surface area contributed by atoms with Crippen molar-refractivity contribution >= 4 is 0 Å². The third-order valence-electron chi connectivity index (χ3n) is 3.22. The Bertz CT molecular complexity index is 171. The van der Waals surface area contributed by atoms with Crippen LogP contribution < -0.4 is 5.32 Å². The van der Waals surface area contributed by atoms with Gasteiger partial charge in [-0.25, -0.2) is 0 Å². The van der Waals surface area contributed by atoms with E-state index in [2.05, 4.69) is 31.1 Å². The number of likely N-dealkylation sites (N-methyl/N-ethyl adjacent to an activating group) is 1. The van der Waals surface area contributed by atoms with Gasteiger partial charge in [0.1, 0.15) is 0 Å². The molecule has 0 radical (unpaired) electrons. The molecule has 1 atom stereocenters. The molecule has 1 unspecified atom stereocenters. The van der Waals surface area contributed by atoms with Gasteiger partial charge in [-0.1, -0.05) is 13.8 Å². The van der Waals surface area contributed by atoms with Gasteiger partial charge in [-0.15, -0.1) is 0 Å². The van der Waals surface area contributed by atoms with Gasteiger partial charge in [0.05, 0.1) is 12.7 Å². The Morgan fingerprint density at radius 1 is 1.38 bits per heavy atom. The molecular formula is C13H28N2O. The summed E-state index contributed by atoms with van der Waals surface area (Å²) in [6.07, 6.45) is 5.45. The highest BCUT2D eigenvalue weighted by Crippen LogP contribution is 2.24. The van der Waals surface area contributed by atoms with Crippen LogP contribution in [-0.2, 0) is 4.74 Å². The lowest BCUT2D eigenvalue weighted by Gasteiger charge is -2.20. The van der Waals surface area contributed by atoms with E-state index in [4.69, 9.17) is 4.74 Å². The van der Waals surface area contributed by atoms with Crippen molar-refractivity contribution < 1.29 is 4.74 Å². The predicted molar refractivity (Wildman–Crippen MR) is 68.8 cm³/mol. The fraction of sp³-hybridized carbons (Fsp3) is 1.00. The Balaban J connectivity index is 1.98. The van der Waals surface area contributed by atoms with Crippen LogP contribution in [0.25, 0.3) is 0 Å². The summed E-state index contributed by atoms with van der Waals surface area (Å²) in [6.45, 7) is 8.44. The topological polar surface area (TPSA) is 24.5 Å². The Kier molecular flexibility index (Phi) is 7.01. The number of hydrogen-bond acceptors (Lipinski definition) is 3. The van der Waals surface area contributed by atoms with Crippen molar-refractivity contribution in [3.05, 3.63) is 0 Å². The Labute approximate surface area is 101 Å². The van der Waals surface area contributed by atoms with Crippen LogP contribution in [0.4, 0.5) is 0 Å². The molecule has 0 aliphatic heterocycles. The molecular weight excluding hydrogens is 200 g/mol. The summed E-state index contributed by atoms with van der Waals surface area (Å²) in [5.74, 6) is 0. The van der Waals surface area contributed by atoms with Crippen LogP contribution in [0, 0.1) is 0 Å². The summed E-state index contributed by atoms with van der Waals surface area (Å²) >= 11 is 0. The van der Waals surface area contributed by atoms with Crippen LogP contribution in [0.15, 0.2) is 0 Å². The second-order valence-electron chi connectivity index (χ2n) is 4.82. The molecule has 1 N–H and O–H groups in total. The van der Waals surface area contributed by atoms with E-state index in [1.54, 1.807) is 0 Å². The van der Waals surface area contributed by atoms with E-state index in [1.807, 2.05) is 0 Å². The van der Waals surface area contributed by atoms with Crippen LogP contribution in [-0.4, -0.2) is 50.3 Å². The first-order chi connectivity index (χ1) is 7.77. The van der Waals surface area contributed by atoms with Crippen molar-refractivity contribution in [3.8, 4) is 0 Å². The molecule has 0 amide bonds. The highest BCUT2D eigenvalue weighted by Gasteiger charge is 2.25. The molecule has 0 heterocycles. The summed E-state index contributed by atoms with van der Waals surface area (Å²) in [5.41, 5.74) is 0. The molecule has 0 bridgehead atoms. The van der Waals surface area contributed by atoms with E-state index in [-0.39, 0.29) is 0 Å². The first kappa shape index (κ1) is 13.9. The number of nitrogens with one attached hydrogen (secondary N) is 1. The van der Waals surface area contributed by atoms with Gasteiger partial charge in [0.2, 0.25) is 0 Å². The third kappa shape index (κ3) is 5.83. The highest BCUT2D eigenvalue weighted by molar-refractivity contribution is 4.82. The highest BCUT2D eigenvalue weighted by atomic mass is 16.5. The van der Waals surface area contributed by atoms with Crippen LogP contribution in [0.1, 0.15) is 39.5 Å². The van der Waals surface area contributed by atoms with Crippen molar-refractivity contribution in [2.24, 2.45) is 0 Å². The maximum absolute atomic E-state index is 5.88. The van der Waals surface area contributed by atoms with Gasteiger partial charge in [-0.05, 0) is 39.3 Å². The van der Waals surface area contributed by atoms with Crippen molar-refractivity contribution in [3.63, 3.8) is 0 Å². The average Bonchev–Trinajstić information content (AvgIpc) is 3.10. The van der Waals surface area contributed by atoms with E-state index in [9.17, 15) is 0 Å². The quantitative estimate of drug-likeness (QED) is 0.578. The first-order valence-electron chi connectivity index (χ1n) is 6.80. The summed E-state index contributed by atoms with van der Waals surface area (Å²) in [6, 6.07) is 0.849. The van der Waals surface area contributed by atoms with Crippen LogP contribution >= 0.6 is 0 Å². The SMILES string of the molecule is CCCNCC(CC)OCCN(C)C1CC1. The minimum absolute atomic E-state index is 0.388. The fourth-order valence-electron chi connectivity index (χ4n) is 1.82. The van der Waals surface area contributed by atoms with Gasteiger partial charge in [-0.2, -0.15) is 0 Å². The average molecular weight is 228 g/mol. The maximum atomic E-state index is 5.88. The largest absolute Gasteiger partial charge is 0.376 e. The fourth-order valence-corrected chi connectivity index (χ4v) is 1.82. The van der Waals surface area contributed by atoms with Crippen molar-refractivity contribution in [2.45, 2.75) is 51.7 Å². The van der Waals surface area contributed by atoms with E-state index >= 15 is 0 Å². The number of rotatable bonds is 10. The Morgan fingerprint density at radius 3 is 2.69 bits per heavy atom. The van der Waals surface area contributed by atoms with Crippen LogP contribution in [0.5, 0.6) is 0 Å². The first-order valence-corrected chi connectivity index (χ1v) is 6.80. The molecule has 1 saturated carbocycles. The van der Waals surface area contributed by atoms with Gasteiger partial charge in [0.25, 0.3) is 0 Å². The lowest BCUT2D eigenvalue weighted by atomic mass is 10.2. The standard InChI is InChI=1S/C13H28N2O/c1-4-8-14-11-13(5-2)16-10-9-15(3)12-6-7-12/h12-14H,4-11H2,1-3H3.